The lowest BCUT2D eigenvalue weighted by Gasteiger charge is -2.41. The Bertz CT molecular complexity index is 1360. The summed E-state index contributed by atoms with van der Waals surface area (Å²) in [4.78, 5) is 26.6. The highest BCUT2D eigenvalue weighted by Crippen LogP contribution is 2.30. The molecular formula is C35H42F3N5O. The summed E-state index contributed by atoms with van der Waals surface area (Å²) in [6.07, 6.45) is 6.76. The molecule has 0 aliphatic carbocycles. The summed E-state index contributed by atoms with van der Waals surface area (Å²) >= 11 is 0. The number of halogens is 3. The minimum absolute atomic E-state index is 0.138. The van der Waals surface area contributed by atoms with Gasteiger partial charge < -0.3 is 19.6 Å². The molecule has 1 amide bonds. The van der Waals surface area contributed by atoms with E-state index in [1.54, 1.807) is 18.5 Å². The number of benzene rings is 2. The van der Waals surface area contributed by atoms with Crippen LogP contribution < -0.4 is 4.90 Å². The second-order valence-corrected chi connectivity index (χ2v) is 12.1. The van der Waals surface area contributed by atoms with Gasteiger partial charge in [-0.1, -0.05) is 24.3 Å². The third-order valence-electron chi connectivity index (χ3n) is 9.05. The van der Waals surface area contributed by atoms with Gasteiger partial charge in [0.05, 0.1) is 5.56 Å². The summed E-state index contributed by atoms with van der Waals surface area (Å²) < 4.78 is 38.9. The summed E-state index contributed by atoms with van der Waals surface area (Å²) in [7, 11) is 4.19. The standard InChI is InChI=1S/C35H42F3N5O/c1-40-21-17-33(18-22-40)42-23-15-29(16-24-42)26-43(34(44)12-7-27-3-8-30(9-4-27)35(36,37)38)25-28-5-10-31(11-6-28)41(2)32-13-19-39-20-14-32/h3-14,19-20,29,33H,15-18,21-26H2,1-2H3/b12-7+. The third kappa shape index (κ3) is 8.48. The second kappa shape index (κ2) is 14.4. The zero-order valence-electron chi connectivity index (χ0n) is 25.6. The van der Waals surface area contributed by atoms with E-state index >= 15 is 0 Å². The van der Waals surface area contributed by atoms with Crippen molar-refractivity contribution in [2.24, 2.45) is 5.92 Å². The predicted octanol–water partition coefficient (Wildman–Crippen LogP) is 6.72. The third-order valence-corrected chi connectivity index (χ3v) is 9.05. The van der Waals surface area contributed by atoms with E-state index in [-0.39, 0.29) is 5.91 Å². The zero-order chi connectivity index (χ0) is 31.1. The van der Waals surface area contributed by atoms with E-state index in [0.29, 0.717) is 30.6 Å². The molecule has 234 valence electrons. The Morgan fingerprint density at radius 3 is 2.11 bits per heavy atom. The van der Waals surface area contributed by atoms with E-state index in [1.165, 1.54) is 31.1 Å². The van der Waals surface area contributed by atoms with E-state index in [1.807, 2.05) is 24.1 Å². The lowest BCUT2D eigenvalue weighted by Crippen LogP contribution is -2.48. The fourth-order valence-corrected chi connectivity index (χ4v) is 6.22. The van der Waals surface area contributed by atoms with Crippen molar-refractivity contribution in [1.29, 1.82) is 0 Å². The van der Waals surface area contributed by atoms with Gasteiger partial charge in [0.2, 0.25) is 5.91 Å². The van der Waals surface area contributed by atoms with Gasteiger partial charge in [-0.2, -0.15) is 13.2 Å². The Hall–Kier alpha value is -3.69. The summed E-state index contributed by atoms with van der Waals surface area (Å²) in [6, 6.07) is 17.7. The van der Waals surface area contributed by atoms with Crippen LogP contribution in [0.1, 0.15) is 42.4 Å². The van der Waals surface area contributed by atoms with Crippen molar-refractivity contribution in [2.45, 2.75) is 44.4 Å². The number of aromatic nitrogens is 1. The molecule has 1 aromatic heterocycles. The number of likely N-dealkylation sites (tertiary alicyclic amines) is 2. The number of alkyl halides is 3. The van der Waals surface area contributed by atoms with Gasteiger partial charge in [0.1, 0.15) is 0 Å². The average Bonchev–Trinajstić information content (AvgIpc) is 3.04. The highest BCUT2D eigenvalue weighted by molar-refractivity contribution is 5.91. The molecular weight excluding hydrogens is 563 g/mol. The fourth-order valence-electron chi connectivity index (χ4n) is 6.22. The number of carbonyl (C=O) groups excluding carboxylic acids is 1. The van der Waals surface area contributed by atoms with Gasteiger partial charge >= 0.3 is 6.18 Å². The Labute approximate surface area is 258 Å². The number of rotatable bonds is 9. The van der Waals surface area contributed by atoms with E-state index in [4.69, 9.17) is 0 Å². The Morgan fingerprint density at radius 1 is 0.886 bits per heavy atom. The number of carbonyl (C=O) groups is 1. The predicted molar refractivity (Wildman–Crippen MR) is 169 cm³/mol. The molecule has 0 radical (unpaired) electrons. The molecule has 0 N–H and O–H groups in total. The van der Waals surface area contributed by atoms with E-state index in [0.717, 1.165) is 68.1 Å². The van der Waals surface area contributed by atoms with Crippen LogP contribution in [0.3, 0.4) is 0 Å². The minimum atomic E-state index is -4.39. The first-order valence-electron chi connectivity index (χ1n) is 15.5. The first kappa shape index (κ1) is 31.7. The van der Waals surface area contributed by atoms with Crippen LogP contribution in [0.2, 0.25) is 0 Å². The van der Waals surface area contributed by atoms with Crippen LogP contribution in [0, 0.1) is 5.92 Å². The molecule has 2 saturated heterocycles. The molecule has 0 bridgehead atoms. The van der Waals surface area contributed by atoms with Crippen molar-refractivity contribution in [3.8, 4) is 0 Å². The molecule has 0 saturated carbocycles. The monoisotopic (exact) mass is 605 g/mol. The summed E-state index contributed by atoms with van der Waals surface area (Å²) in [6.45, 7) is 5.52. The van der Waals surface area contributed by atoms with E-state index < -0.39 is 11.7 Å². The molecule has 6 nitrogen and oxygen atoms in total. The SMILES string of the molecule is CN1CCC(N2CCC(CN(Cc3ccc(N(C)c4ccncc4)cc3)C(=O)/C=C/c3ccc(C(F)(F)F)cc3)CC2)CC1. The summed E-state index contributed by atoms with van der Waals surface area (Å²) in [5, 5.41) is 0. The molecule has 9 heteroatoms. The number of hydrogen-bond acceptors (Lipinski definition) is 5. The molecule has 5 rings (SSSR count). The van der Waals surface area contributed by atoms with Crippen LogP contribution in [-0.2, 0) is 17.5 Å². The normalized spacial score (nSPS) is 17.7. The van der Waals surface area contributed by atoms with Crippen LogP contribution in [0.25, 0.3) is 6.08 Å². The van der Waals surface area contributed by atoms with Crippen molar-refractivity contribution in [3.05, 3.63) is 95.8 Å². The zero-order valence-corrected chi connectivity index (χ0v) is 25.6. The van der Waals surface area contributed by atoms with E-state index in [9.17, 15) is 18.0 Å². The largest absolute Gasteiger partial charge is 0.416 e. The highest BCUT2D eigenvalue weighted by atomic mass is 19.4. The van der Waals surface area contributed by atoms with E-state index in [2.05, 4.69) is 51.0 Å². The Kier molecular flexibility index (Phi) is 10.4. The van der Waals surface area contributed by atoms with Crippen LogP contribution in [-0.4, -0.2) is 78.5 Å². The van der Waals surface area contributed by atoms with Crippen LogP contribution in [0.15, 0.2) is 79.1 Å². The number of nitrogens with zero attached hydrogens (tertiary/aromatic N) is 5. The molecule has 3 aromatic rings. The number of hydrogen-bond donors (Lipinski definition) is 0. The molecule has 2 aliphatic heterocycles. The maximum atomic E-state index is 13.6. The van der Waals surface area contributed by atoms with Crippen molar-refractivity contribution < 1.29 is 18.0 Å². The summed E-state index contributed by atoms with van der Waals surface area (Å²) in [5.41, 5.74) is 2.94. The number of anilines is 2. The molecule has 0 spiro atoms. The van der Waals surface area contributed by atoms with Gasteiger partial charge in [0.15, 0.2) is 0 Å². The molecule has 3 heterocycles. The van der Waals surface area contributed by atoms with Crippen molar-refractivity contribution in [3.63, 3.8) is 0 Å². The topological polar surface area (TPSA) is 42.9 Å². The van der Waals surface area contributed by atoms with Crippen molar-refractivity contribution >= 4 is 23.4 Å². The van der Waals surface area contributed by atoms with Gasteiger partial charge in [-0.05, 0) is 118 Å². The molecule has 0 unspecified atom stereocenters. The minimum Gasteiger partial charge on any atom is -0.345 e. The summed E-state index contributed by atoms with van der Waals surface area (Å²) in [5.74, 6) is 0.263. The maximum absolute atomic E-state index is 13.6. The second-order valence-electron chi connectivity index (χ2n) is 12.1. The quantitative estimate of drug-likeness (QED) is 0.254. The van der Waals surface area contributed by atoms with Crippen LogP contribution in [0.4, 0.5) is 24.5 Å². The lowest BCUT2D eigenvalue weighted by atomic mass is 9.93. The smallest absolute Gasteiger partial charge is 0.345 e. The van der Waals surface area contributed by atoms with Crippen molar-refractivity contribution in [2.75, 3.05) is 51.7 Å². The Balaban J connectivity index is 1.26. The number of piperidine rings is 2. The van der Waals surface area contributed by atoms with Crippen molar-refractivity contribution in [1.82, 2.24) is 19.7 Å². The van der Waals surface area contributed by atoms with Gasteiger partial charge in [0, 0.05) is 56.0 Å². The van der Waals surface area contributed by atoms with Gasteiger partial charge in [0.25, 0.3) is 0 Å². The van der Waals surface area contributed by atoms with Crippen LogP contribution >= 0.6 is 0 Å². The molecule has 0 atom stereocenters. The lowest BCUT2D eigenvalue weighted by molar-refractivity contribution is -0.137. The Morgan fingerprint density at radius 2 is 1.50 bits per heavy atom. The van der Waals surface area contributed by atoms with Gasteiger partial charge in [-0.3, -0.25) is 9.78 Å². The van der Waals surface area contributed by atoms with Crippen LogP contribution in [0.5, 0.6) is 0 Å². The molecule has 2 fully saturated rings. The average molecular weight is 606 g/mol. The molecule has 44 heavy (non-hydrogen) atoms. The molecule has 2 aromatic carbocycles. The highest BCUT2D eigenvalue weighted by Gasteiger charge is 2.30. The van der Waals surface area contributed by atoms with Gasteiger partial charge in [-0.25, -0.2) is 0 Å². The fraction of sp³-hybridized carbons (Fsp3) is 0.429. The number of amides is 1. The molecule has 2 aliphatic rings. The first-order valence-corrected chi connectivity index (χ1v) is 15.5. The first-order chi connectivity index (χ1) is 21.2. The number of pyridine rings is 1. The maximum Gasteiger partial charge on any atom is 0.416 e. The van der Waals surface area contributed by atoms with Gasteiger partial charge in [-0.15, -0.1) is 0 Å².